The Hall–Kier alpha value is -1.55. The molecule has 0 saturated heterocycles. The summed E-state index contributed by atoms with van der Waals surface area (Å²) in [5.74, 6) is 0.598. The van der Waals surface area contributed by atoms with Gasteiger partial charge in [0, 0.05) is 6.04 Å². The number of para-hydroxylation sites is 2. The van der Waals surface area contributed by atoms with Crippen LogP contribution in [0.5, 0.6) is 0 Å². The summed E-state index contributed by atoms with van der Waals surface area (Å²) in [6.45, 7) is 1.17. The Labute approximate surface area is 107 Å². The minimum atomic E-state index is 0.0800. The van der Waals surface area contributed by atoms with Gasteiger partial charge >= 0.3 is 0 Å². The Morgan fingerprint density at radius 3 is 3.00 bits per heavy atom. The number of anilines is 2. The van der Waals surface area contributed by atoms with E-state index in [0.717, 1.165) is 17.8 Å². The molecular weight excluding hydrogens is 226 g/mol. The molecule has 2 atom stereocenters. The molecule has 1 amide bonds. The van der Waals surface area contributed by atoms with Crippen LogP contribution in [-0.4, -0.2) is 25.0 Å². The second kappa shape index (κ2) is 4.61. The first kappa shape index (κ1) is 11.5. The van der Waals surface area contributed by atoms with E-state index < -0.39 is 0 Å². The molecule has 2 unspecified atom stereocenters. The largest absolute Gasteiger partial charge is 0.357 e. The maximum Gasteiger partial charge on any atom is 0.243 e. The zero-order chi connectivity index (χ0) is 12.5. The molecule has 18 heavy (non-hydrogen) atoms. The highest BCUT2D eigenvalue weighted by Crippen LogP contribution is 2.37. The quantitative estimate of drug-likeness (QED) is 0.831. The van der Waals surface area contributed by atoms with Crippen LogP contribution in [0.15, 0.2) is 24.3 Å². The van der Waals surface area contributed by atoms with Gasteiger partial charge < -0.3 is 16.0 Å². The van der Waals surface area contributed by atoms with Crippen molar-refractivity contribution in [2.75, 3.05) is 23.3 Å². The van der Waals surface area contributed by atoms with Gasteiger partial charge in [-0.1, -0.05) is 18.6 Å². The Morgan fingerprint density at radius 1 is 1.33 bits per heavy atom. The average molecular weight is 245 g/mol. The van der Waals surface area contributed by atoms with Gasteiger partial charge in [-0.2, -0.15) is 0 Å². The lowest BCUT2D eigenvalue weighted by molar-refractivity contribution is -0.115. The summed E-state index contributed by atoms with van der Waals surface area (Å²) in [4.78, 5) is 14.1. The highest BCUT2D eigenvalue weighted by atomic mass is 16.2. The van der Waals surface area contributed by atoms with Crippen LogP contribution in [-0.2, 0) is 4.79 Å². The molecule has 1 saturated carbocycles. The van der Waals surface area contributed by atoms with E-state index in [1.54, 1.807) is 0 Å². The van der Waals surface area contributed by atoms with E-state index in [2.05, 4.69) is 16.3 Å². The maximum absolute atomic E-state index is 11.8. The molecule has 0 aromatic heterocycles. The molecule has 4 heteroatoms. The first-order valence-electron chi connectivity index (χ1n) is 6.65. The van der Waals surface area contributed by atoms with Crippen molar-refractivity contribution in [3.8, 4) is 0 Å². The van der Waals surface area contributed by atoms with Crippen LogP contribution in [0.3, 0.4) is 0 Å². The van der Waals surface area contributed by atoms with Crippen molar-refractivity contribution in [2.24, 2.45) is 11.7 Å². The number of carbonyl (C=O) groups excluding carboxylic acids is 1. The molecular formula is C14H19N3O. The Bertz CT molecular complexity index is 460. The predicted octanol–water partition coefficient (Wildman–Crippen LogP) is 1.57. The van der Waals surface area contributed by atoms with Crippen molar-refractivity contribution in [3.05, 3.63) is 24.3 Å². The number of hydrogen-bond acceptors (Lipinski definition) is 3. The fraction of sp³-hybridized carbons (Fsp3) is 0.500. The number of fused-ring (bicyclic) bond motifs is 1. The Balaban J connectivity index is 1.94. The van der Waals surface area contributed by atoms with Crippen LogP contribution in [0.25, 0.3) is 0 Å². The average Bonchev–Trinajstić information content (AvgIpc) is 2.85. The molecule has 1 aromatic rings. The molecule has 1 heterocycles. The van der Waals surface area contributed by atoms with Gasteiger partial charge in [-0.25, -0.2) is 0 Å². The fourth-order valence-corrected chi connectivity index (χ4v) is 3.26. The molecule has 2 aliphatic rings. The van der Waals surface area contributed by atoms with Crippen LogP contribution in [0.4, 0.5) is 11.4 Å². The van der Waals surface area contributed by atoms with Crippen molar-refractivity contribution in [1.29, 1.82) is 0 Å². The van der Waals surface area contributed by atoms with Crippen LogP contribution in [0.2, 0.25) is 0 Å². The molecule has 1 fully saturated rings. The van der Waals surface area contributed by atoms with E-state index in [0.29, 0.717) is 25.0 Å². The van der Waals surface area contributed by atoms with Crippen LogP contribution in [0, 0.1) is 5.92 Å². The first-order chi connectivity index (χ1) is 8.79. The number of nitrogens with zero attached hydrogens (tertiary/aromatic N) is 1. The van der Waals surface area contributed by atoms with Gasteiger partial charge in [0.25, 0.3) is 0 Å². The summed E-state index contributed by atoms with van der Waals surface area (Å²) in [5.41, 5.74) is 7.93. The molecule has 0 bridgehead atoms. The molecule has 4 nitrogen and oxygen atoms in total. The van der Waals surface area contributed by atoms with Crippen LogP contribution in [0.1, 0.15) is 19.3 Å². The fourth-order valence-electron chi connectivity index (χ4n) is 3.26. The lowest BCUT2D eigenvalue weighted by Gasteiger charge is -2.38. The van der Waals surface area contributed by atoms with Gasteiger partial charge in [0.05, 0.1) is 17.9 Å². The van der Waals surface area contributed by atoms with Gasteiger partial charge in [0.1, 0.15) is 0 Å². The molecule has 3 rings (SSSR count). The number of carbonyl (C=O) groups is 1. The van der Waals surface area contributed by atoms with Crippen LogP contribution >= 0.6 is 0 Å². The zero-order valence-electron chi connectivity index (χ0n) is 10.4. The lowest BCUT2D eigenvalue weighted by atomic mass is 10.0. The number of amides is 1. The van der Waals surface area contributed by atoms with E-state index in [-0.39, 0.29) is 5.91 Å². The summed E-state index contributed by atoms with van der Waals surface area (Å²) in [5, 5.41) is 2.93. The topological polar surface area (TPSA) is 58.4 Å². The third kappa shape index (κ3) is 1.86. The number of hydrogen-bond donors (Lipinski definition) is 2. The summed E-state index contributed by atoms with van der Waals surface area (Å²) in [6.07, 6.45) is 3.54. The molecule has 3 N–H and O–H groups in total. The van der Waals surface area contributed by atoms with Crippen molar-refractivity contribution in [3.63, 3.8) is 0 Å². The summed E-state index contributed by atoms with van der Waals surface area (Å²) in [6, 6.07) is 8.45. The second-order valence-electron chi connectivity index (χ2n) is 5.19. The summed E-state index contributed by atoms with van der Waals surface area (Å²) < 4.78 is 0. The van der Waals surface area contributed by atoms with Gasteiger partial charge in [-0.3, -0.25) is 4.79 Å². The third-order valence-corrected chi connectivity index (χ3v) is 4.12. The van der Waals surface area contributed by atoms with Gasteiger partial charge in [0.2, 0.25) is 5.91 Å². The Morgan fingerprint density at radius 2 is 2.17 bits per heavy atom. The molecule has 0 spiro atoms. The number of nitrogens with one attached hydrogen (secondary N) is 1. The lowest BCUT2D eigenvalue weighted by Crippen LogP contribution is -2.47. The minimum absolute atomic E-state index is 0.0800. The SMILES string of the molecule is NCC1CCCC1N1CC(=O)Nc2ccccc21. The minimum Gasteiger partial charge on any atom is -0.357 e. The van der Waals surface area contributed by atoms with Crippen molar-refractivity contribution >= 4 is 17.3 Å². The molecule has 1 aromatic carbocycles. The van der Waals surface area contributed by atoms with Gasteiger partial charge in [-0.05, 0) is 37.4 Å². The monoisotopic (exact) mass is 245 g/mol. The number of nitrogens with two attached hydrogens (primary N) is 1. The molecule has 0 radical (unpaired) electrons. The standard InChI is InChI=1S/C14H19N3O/c15-8-10-4-3-7-12(10)17-9-14(18)16-11-5-1-2-6-13(11)17/h1-2,5-6,10,12H,3-4,7-9,15H2,(H,16,18). The highest BCUT2D eigenvalue weighted by molar-refractivity contribution is 6.01. The number of rotatable bonds is 2. The molecule has 1 aliphatic heterocycles. The van der Waals surface area contributed by atoms with E-state index >= 15 is 0 Å². The van der Waals surface area contributed by atoms with E-state index in [4.69, 9.17) is 5.73 Å². The highest BCUT2D eigenvalue weighted by Gasteiger charge is 2.35. The zero-order valence-corrected chi connectivity index (χ0v) is 10.4. The number of benzene rings is 1. The second-order valence-corrected chi connectivity index (χ2v) is 5.19. The van der Waals surface area contributed by atoms with Gasteiger partial charge in [-0.15, -0.1) is 0 Å². The molecule has 1 aliphatic carbocycles. The van der Waals surface area contributed by atoms with Crippen molar-refractivity contribution in [2.45, 2.75) is 25.3 Å². The van der Waals surface area contributed by atoms with E-state index in [1.165, 1.54) is 12.8 Å². The van der Waals surface area contributed by atoms with Crippen molar-refractivity contribution < 1.29 is 4.79 Å². The predicted molar refractivity (Wildman–Crippen MR) is 72.6 cm³/mol. The van der Waals surface area contributed by atoms with Gasteiger partial charge in [0.15, 0.2) is 0 Å². The maximum atomic E-state index is 11.8. The molecule has 96 valence electrons. The first-order valence-corrected chi connectivity index (χ1v) is 6.65. The Kier molecular flexibility index (Phi) is 2.96. The smallest absolute Gasteiger partial charge is 0.243 e. The van der Waals surface area contributed by atoms with Crippen LogP contribution < -0.4 is 16.0 Å². The third-order valence-electron chi connectivity index (χ3n) is 4.12. The van der Waals surface area contributed by atoms with E-state index in [1.807, 2.05) is 18.2 Å². The van der Waals surface area contributed by atoms with Crippen molar-refractivity contribution in [1.82, 2.24) is 0 Å². The summed E-state index contributed by atoms with van der Waals surface area (Å²) >= 11 is 0. The van der Waals surface area contributed by atoms with E-state index in [9.17, 15) is 4.79 Å². The summed E-state index contributed by atoms with van der Waals surface area (Å²) in [7, 11) is 0. The normalized spacial score (nSPS) is 26.9.